The molecule has 0 fully saturated rings. The molecule has 2 aromatic rings. The third-order valence-corrected chi connectivity index (χ3v) is 4.77. The Hall–Kier alpha value is -1.65. The van der Waals surface area contributed by atoms with Crippen LogP contribution in [-0.2, 0) is 17.8 Å². The number of amides is 1. The summed E-state index contributed by atoms with van der Waals surface area (Å²) >= 11 is 3.50. The minimum Gasteiger partial charge on any atom is -0.323 e. The third kappa shape index (κ3) is 3.57. The lowest BCUT2D eigenvalue weighted by Crippen LogP contribution is -3.12. The van der Waals surface area contributed by atoms with Crippen molar-refractivity contribution < 1.29 is 9.69 Å². The number of benzene rings is 2. The number of fused-ring (bicyclic) bond motifs is 1. The maximum Gasteiger partial charge on any atom is 0.279 e. The minimum absolute atomic E-state index is 0.0685. The molecule has 1 amide bonds. The maximum absolute atomic E-state index is 12.3. The fourth-order valence-electron chi connectivity index (χ4n) is 2.94. The molecule has 0 aliphatic carbocycles. The molecule has 3 rings (SSSR count). The molecule has 1 aliphatic heterocycles. The van der Waals surface area contributed by atoms with Crippen molar-refractivity contribution in [2.24, 2.45) is 0 Å². The lowest BCUT2D eigenvalue weighted by molar-refractivity contribution is -0.907. The zero-order chi connectivity index (χ0) is 15.5. The summed E-state index contributed by atoms with van der Waals surface area (Å²) in [5.41, 5.74) is 4.80. The molecule has 3 nitrogen and oxygen atoms in total. The summed E-state index contributed by atoms with van der Waals surface area (Å²) in [5.74, 6) is 0.0685. The van der Waals surface area contributed by atoms with Gasteiger partial charge >= 0.3 is 0 Å². The lowest BCUT2D eigenvalue weighted by Gasteiger charge is -2.25. The van der Waals surface area contributed by atoms with Gasteiger partial charge in [0.15, 0.2) is 6.54 Å². The van der Waals surface area contributed by atoms with E-state index in [-0.39, 0.29) is 5.91 Å². The Balaban J connectivity index is 1.61. The SMILES string of the molecule is Cc1ccc(NC(=O)C[NH+]2CCc3ccccc3C2)c(Br)c1. The molecule has 0 bridgehead atoms. The summed E-state index contributed by atoms with van der Waals surface area (Å²) in [7, 11) is 0. The van der Waals surface area contributed by atoms with E-state index >= 15 is 0 Å². The molecule has 2 N–H and O–H groups in total. The Morgan fingerprint density at radius 2 is 2.00 bits per heavy atom. The molecule has 0 saturated heterocycles. The van der Waals surface area contributed by atoms with Crippen molar-refractivity contribution in [3.05, 3.63) is 63.6 Å². The number of halogens is 1. The van der Waals surface area contributed by atoms with E-state index < -0.39 is 0 Å². The highest BCUT2D eigenvalue weighted by Crippen LogP contribution is 2.23. The van der Waals surface area contributed by atoms with Crippen molar-refractivity contribution in [1.29, 1.82) is 0 Å². The molecule has 0 radical (unpaired) electrons. The monoisotopic (exact) mass is 359 g/mol. The highest BCUT2D eigenvalue weighted by atomic mass is 79.9. The van der Waals surface area contributed by atoms with Crippen molar-refractivity contribution in [3.63, 3.8) is 0 Å². The van der Waals surface area contributed by atoms with Crippen molar-refractivity contribution in [1.82, 2.24) is 0 Å². The van der Waals surface area contributed by atoms with Gasteiger partial charge in [-0.05, 0) is 46.1 Å². The normalized spacial score (nSPS) is 16.9. The first-order valence-corrected chi connectivity index (χ1v) is 8.37. The van der Waals surface area contributed by atoms with Gasteiger partial charge in [0.25, 0.3) is 5.91 Å². The second kappa shape index (κ2) is 6.63. The summed E-state index contributed by atoms with van der Waals surface area (Å²) in [4.78, 5) is 13.6. The van der Waals surface area contributed by atoms with Crippen LogP contribution in [0.25, 0.3) is 0 Å². The smallest absolute Gasteiger partial charge is 0.279 e. The first-order valence-electron chi connectivity index (χ1n) is 7.58. The molecule has 114 valence electrons. The first-order chi connectivity index (χ1) is 10.6. The Kier molecular flexibility index (Phi) is 4.60. The molecular formula is C18H20BrN2O+. The minimum atomic E-state index is 0.0685. The number of carbonyl (C=O) groups is 1. The van der Waals surface area contributed by atoms with E-state index in [1.165, 1.54) is 21.6 Å². The highest BCUT2D eigenvalue weighted by Gasteiger charge is 2.21. The second-order valence-corrected chi connectivity index (χ2v) is 6.76. The lowest BCUT2D eigenvalue weighted by atomic mass is 10.00. The molecule has 0 aromatic heterocycles. The van der Waals surface area contributed by atoms with Gasteiger partial charge in [-0.15, -0.1) is 0 Å². The van der Waals surface area contributed by atoms with Crippen LogP contribution in [0, 0.1) is 6.92 Å². The molecule has 1 aliphatic rings. The van der Waals surface area contributed by atoms with Crippen molar-refractivity contribution in [2.75, 3.05) is 18.4 Å². The number of aryl methyl sites for hydroxylation is 1. The summed E-state index contributed by atoms with van der Waals surface area (Å²) in [5, 5.41) is 3.00. The number of hydrogen-bond donors (Lipinski definition) is 2. The molecule has 1 heterocycles. The summed E-state index contributed by atoms with van der Waals surface area (Å²) in [6, 6.07) is 14.5. The predicted molar refractivity (Wildman–Crippen MR) is 92.1 cm³/mol. The van der Waals surface area contributed by atoms with Crippen LogP contribution in [0.4, 0.5) is 5.69 Å². The van der Waals surface area contributed by atoms with Gasteiger partial charge in [0, 0.05) is 16.5 Å². The van der Waals surface area contributed by atoms with E-state index in [2.05, 4.69) is 45.5 Å². The summed E-state index contributed by atoms with van der Waals surface area (Å²) in [6.07, 6.45) is 1.05. The highest BCUT2D eigenvalue weighted by molar-refractivity contribution is 9.10. The number of nitrogens with one attached hydrogen (secondary N) is 2. The van der Waals surface area contributed by atoms with Crippen LogP contribution < -0.4 is 10.2 Å². The molecule has 0 spiro atoms. The van der Waals surface area contributed by atoms with Crippen LogP contribution >= 0.6 is 15.9 Å². The van der Waals surface area contributed by atoms with Crippen LogP contribution in [0.15, 0.2) is 46.9 Å². The van der Waals surface area contributed by atoms with Gasteiger partial charge in [0.05, 0.1) is 12.2 Å². The van der Waals surface area contributed by atoms with Crippen molar-refractivity contribution in [3.8, 4) is 0 Å². The summed E-state index contributed by atoms with van der Waals surface area (Å²) in [6.45, 7) is 4.48. The van der Waals surface area contributed by atoms with E-state index in [1.54, 1.807) is 0 Å². The van der Waals surface area contributed by atoms with Crippen LogP contribution in [0.1, 0.15) is 16.7 Å². The quantitative estimate of drug-likeness (QED) is 0.866. The second-order valence-electron chi connectivity index (χ2n) is 5.90. The topological polar surface area (TPSA) is 33.5 Å². The summed E-state index contributed by atoms with van der Waals surface area (Å²) < 4.78 is 0.930. The number of quaternary nitrogens is 1. The van der Waals surface area contributed by atoms with E-state index in [0.29, 0.717) is 6.54 Å². The largest absolute Gasteiger partial charge is 0.323 e. The number of carbonyl (C=O) groups excluding carboxylic acids is 1. The zero-order valence-electron chi connectivity index (χ0n) is 12.7. The van der Waals surface area contributed by atoms with Gasteiger partial charge in [-0.3, -0.25) is 4.79 Å². The molecule has 0 saturated carbocycles. The van der Waals surface area contributed by atoms with E-state index in [0.717, 1.165) is 29.7 Å². The number of rotatable bonds is 3. The van der Waals surface area contributed by atoms with Gasteiger partial charge in [-0.1, -0.05) is 30.3 Å². The van der Waals surface area contributed by atoms with Crippen molar-refractivity contribution in [2.45, 2.75) is 19.9 Å². The van der Waals surface area contributed by atoms with Gasteiger partial charge in [0.2, 0.25) is 0 Å². The molecular weight excluding hydrogens is 340 g/mol. The Morgan fingerprint density at radius 3 is 2.77 bits per heavy atom. The van der Waals surface area contributed by atoms with Crippen LogP contribution in [0.5, 0.6) is 0 Å². The average Bonchev–Trinajstić information content (AvgIpc) is 2.50. The van der Waals surface area contributed by atoms with Crippen LogP contribution in [-0.4, -0.2) is 19.0 Å². The molecule has 4 heteroatoms. The van der Waals surface area contributed by atoms with Crippen LogP contribution in [0.2, 0.25) is 0 Å². The molecule has 22 heavy (non-hydrogen) atoms. The zero-order valence-corrected chi connectivity index (χ0v) is 14.2. The fraction of sp³-hybridized carbons (Fsp3) is 0.278. The maximum atomic E-state index is 12.3. The molecule has 2 aromatic carbocycles. The van der Waals surface area contributed by atoms with E-state index in [4.69, 9.17) is 0 Å². The number of anilines is 1. The van der Waals surface area contributed by atoms with Gasteiger partial charge in [0.1, 0.15) is 6.54 Å². The predicted octanol–water partition coefficient (Wildman–Crippen LogP) is 2.34. The third-order valence-electron chi connectivity index (χ3n) is 4.12. The Morgan fingerprint density at radius 1 is 1.23 bits per heavy atom. The van der Waals surface area contributed by atoms with Gasteiger partial charge in [-0.2, -0.15) is 0 Å². The standard InChI is InChI=1S/C18H19BrN2O/c1-13-6-7-17(16(19)10-13)20-18(22)12-21-9-8-14-4-2-3-5-15(14)11-21/h2-7,10H,8-9,11-12H2,1H3,(H,20,22)/p+1. The van der Waals surface area contributed by atoms with Crippen molar-refractivity contribution >= 4 is 27.5 Å². The van der Waals surface area contributed by atoms with Gasteiger partial charge < -0.3 is 10.2 Å². The Labute approximate surface area is 139 Å². The number of hydrogen-bond acceptors (Lipinski definition) is 1. The van der Waals surface area contributed by atoms with Gasteiger partial charge in [-0.25, -0.2) is 0 Å². The fourth-order valence-corrected chi connectivity index (χ4v) is 3.53. The Bertz CT molecular complexity index is 699. The first kappa shape index (κ1) is 15.3. The molecule has 1 atom stereocenters. The molecule has 1 unspecified atom stereocenters. The van der Waals surface area contributed by atoms with Crippen LogP contribution in [0.3, 0.4) is 0 Å². The average molecular weight is 360 g/mol. The van der Waals surface area contributed by atoms with E-state index in [9.17, 15) is 4.79 Å². The van der Waals surface area contributed by atoms with E-state index in [1.807, 2.05) is 25.1 Å².